The first-order valence-corrected chi connectivity index (χ1v) is 15.7. The average molecular weight is 588 g/mol. The Morgan fingerprint density at radius 3 is 1.67 bits per heavy atom. The highest BCUT2D eigenvalue weighted by Crippen LogP contribution is 2.44. The second kappa shape index (κ2) is 10.8. The van der Waals surface area contributed by atoms with Gasteiger partial charge in [0.2, 0.25) is 0 Å². The van der Waals surface area contributed by atoms with Crippen molar-refractivity contribution in [3.63, 3.8) is 0 Å². The highest BCUT2D eigenvalue weighted by Gasteiger charge is 2.19. The van der Waals surface area contributed by atoms with Crippen LogP contribution in [0.1, 0.15) is 0 Å². The van der Waals surface area contributed by atoms with E-state index in [9.17, 15) is 0 Å². The molecule has 0 aliphatic heterocycles. The second-order valence-corrected chi connectivity index (χ2v) is 11.8. The Kier molecular flexibility index (Phi) is 6.17. The van der Waals surface area contributed by atoms with Gasteiger partial charge in [-0.3, -0.25) is 0 Å². The normalized spacial score (nSPS) is 11.5. The summed E-state index contributed by atoms with van der Waals surface area (Å²) in [5.74, 6) is 0. The van der Waals surface area contributed by atoms with Gasteiger partial charge < -0.3 is 9.32 Å². The van der Waals surface area contributed by atoms with E-state index in [4.69, 9.17) is 4.42 Å². The summed E-state index contributed by atoms with van der Waals surface area (Å²) in [4.78, 5) is 2.40. The van der Waals surface area contributed by atoms with Gasteiger partial charge >= 0.3 is 0 Å². The van der Waals surface area contributed by atoms with Gasteiger partial charge in [0.15, 0.2) is 0 Å². The molecule has 0 spiro atoms. The van der Waals surface area contributed by atoms with E-state index in [0.717, 1.165) is 39.0 Å². The van der Waals surface area contributed by atoms with Crippen LogP contribution in [0.2, 0.25) is 0 Å². The Hall–Kier alpha value is -6.12. The molecule has 8 aromatic carbocycles. The Morgan fingerprint density at radius 2 is 0.957 bits per heavy atom. The molecule has 2 heteroatoms. The van der Waals surface area contributed by atoms with Crippen LogP contribution in [-0.4, -0.2) is 0 Å². The monoisotopic (exact) mass is 587 g/mol. The lowest BCUT2D eigenvalue weighted by molar-refractivity contribution is 0.669. The van der Waals surface area contributed by atoms with E-state index in [2.05, 4.69) is 169 Å². The van der Waals surface area contributed by atoms with Crippen molar-refractivity contribution in [2.75, 3.05) is 4.90 Å². The predicted octanol–water partition coefficient (Wildman–Crippen LogP) is 12.7. The lowest BCUT2D eigenvalue weighted by Gasteiger charge is -2.28. The van der Waals surface area contributed by atoms with Crippen LogP contribution in [0.3, 0.4) is 0 Å². The Labute approximate surface area is 267 Å². The molecule has 0 amide bonds. The smallest absolute Gasteiger partial charge is 0.136 e. The molecular formula is C44H29NO. The number of nitrogens with zero attached hydrogens (tertiary/aromatic N) is 1. The van der Waals surface area contributed by atoms with Gasteiger partial charge in [0.05, 0.1) is 5.69 Å². The maximum Gasteiger partial charge on any atom is 0.136 e. The van der Waals surface area contributed by atoms with Gasteiger partial charge in [-0.2, -0.15) is 0 Å². The van der Waals surface area contributed by atoms with Crippen molar-refractivity contribution in [2.45, 2.75) is 0 Å². The molecule has 0 radical (unpaired) electrons. The topological polar surface area (TPSA) is 16.4 Å². The van der Waals surface area contributed by atoms with Gasteiger partial charge in [-0.15, -0.1) is 0 Å². The molecule has 0 fully saturated rings. The average Bonchev–Trinajstić information content (AvgIpc) is 3.49. The zero-order valence-electron chi connectivity index (χ0n) is 25.1. The van der Waals surface area contributed by atoms with Gasteiger partial charge in [0.1, 0.15) is 11.2 Å². The molecule has 1 aromatic heterocycles. The summed E-state index contributed by atoms with van der Waals surface area (Å²) >= 11 is 0. The van der Waals surface area contributed by atoms with Crippen LogP contribution < -0.4 is 4.90 Å². The summed E-state index contributed by atoms with van der Waals surface area (Å²) < 4.78 is 6.33. The molecule has 2 nitrogen and oxygen atoms in total. The minimum Gasteiger partial charge on any atom is -0.456 e. The molecule has 0 N–H and O–H groups in total. The number of para-hydroxylation sites is 2. The van der Waals surface area contributed by atoms with Gasteiger partial charge in [-0.05, 0) is 93.0 Å². The largest absolute Gasteiger partial charge is 0.456 e. The third-order valence-corrected chi connectivity index (χ3v) is 9.00. The molecule has 216 valence electrons. The molecule has 0 aliphatic rings. The fourth-order valence-corrected chi connectivity index (χ4v) is 6.83. The quantitative estimate of drug-likeness (QED) is 0.186. The molecule has 0 saturated carbocycles. The number of hydrogen-bond donors (Lipinski definition) is 0. The molecular weight excluding hydrogens is 558 g/mol. The summed E-state index contributed by atoms with van der Waals surface area (Å²) in [5, 5.41) is 7.06. The fraction of sp³-hybridized carbons (Fsp3) is 0. The molecule has 9 rings (SSSR count). The zero-order chi connectivity index (χ0) is 30.5. The molecule has 46 heavy (non-hydrogen) atoms. The van der Waals surface area contributed by atoms with Crippen LogP contribution in [0.5, 0.6) is 0 Å². The summed E-state index contributed by atoms with van der Waals surface area (Å²) in [6.45, 7) is 0. The van der Waals surface area contributed by atoms with Crippen LogP contribution in [0, 0.1) is 0 Å². The van der Waals surface area contributed by atoms with Crippen LogP contribution in [0.15, 0.2) is 180 Å². The van der Waals surface area contributed by atoms with Gasteiger partial charge in [-0.25, -0.2) is 0 Å². The minimum atomic E-state index is 0.912. The fourth-order valence-electron chi connectivity index (χ4n) is 6.83. The Balaban J connectivity index is 1.30. The molecule has 0 bridgehead atoms. The number of benzene rings is 8. The first-order chi connectivity index (χ1) is 22.8. The minimum absolute atomic E-state index is 0.912. The summed E-state index contributed by atoms with van der Waals surface area (Å²) in [7, 11) is 0. The summed E-state index contributed by atoms with van der Waals surface area (Å²) in [6.07, 6.45) is 0. The lowest BCUT2D eigenvalue weighted by Crippen LogP contribution is -2.11. The van der Waals surface area contributed by atoms with E-state index in [-0.39, 0.29) is 0 Å². The first kappa shape index (κ1) is 26.3. The maximum absolute atomic E-state index is 6.33. The molecule has 1 heterocycles. The summed E-state index contributed by atoms with van der Waals surface area (Å²) in [6, 6.07) is 62.8. The molecule has 0 atom stereocenters. The van der Waals surface area contributed by atoms with Crippen LogP contribution in [0.4, 0.5) is 17.1 Å². The Morgan fingerprint density at radius 1 is 0.326 bits per heavy atom. The molecule has 0 saturated heterocycles. The number of furan rings is 1. The molecule has 0 unspecified atom stereocenters. The van der Waals surface area contributed by atoms with E-state index in [1.807, 2.05) is 12.1 Å². The number of anilines is 3. The van der Waals surface area contributed by atoms with Gasteiger partial charge in [0, 0.05) is 27.5 Å². The zero-order valence-corrected chi connectivity index (χ0v) is 25.1. The highest BCUT2D eigenvalue weighted by molar-refractivity contribution is 6.18. The Bertz CT molecular complexity index is 2460. The van der Waals surface area contributed by atoms with Crippen molar-refractivity contribution in [1.29, 1.82) is 0 Å². The van der Waals surface area contributed by atoms with E-state index < -0.39 is 0 Å². The van der Waals surface area contributed by atoms with Crippen LogP contribution in [-0.2, 0) is 0 Å². The van der Waals surface area contributed by atoms with Crippen LogP contribution in [0.25, 0.3) is 65.7 Å². The molecule has 0 aliphatic carbocycles. The maximum atomic E-state index is 6.33. The van der Waals surface area contributed by atoms with Gasteiger partial charge in [-0.1, -0.05) is 121 Å². The van der Waals surface area contributed by atoms with Crippen molar-refractivity contribution >= 4 is 60.5 Å². The van der Waals surface area contributed by atoms with Crippen LogP contribution >= 0.6 is 0 Å². The van der Waals surface area contributed by atoms with Gasteiger partial charge in [0.25, 0.3) is 0 Å². The second-order valence-electron chi connectivity index (χ2n) is 11.8. The van der Waals surface area contributed by atoms with Crippen molar-refractivity contribution in [3.8, 4) is 22.3 Å². The van der Waals surface area contributed by atoms with E-state index in [0.29, 0.717) is 0 Å². The lowest BCUT2D eigenvalue weighted by atomic mass is 9.96. The van der Waals surface area contributed by atoms with Crippen molar-refractivity contribution < 1.29 is 4.42 Å². The SMILES string of the molecule is c1ccc(-c2cc(-c3ccccc3)cc(N(c3ccccc3)c3cccc4c3ccc3cc5c(cc34)oc3ccccc35)c2)cc1. The number of rotatable bonds is 5. The number of hydrogen-bond acceptors (Lipinski definition) is 2. The molecule has 9 aromatic rings. The third kappa shape index (κ3) is 4.43. The standard InChI is InChI=1S/C44H29NO/c1-4-13-30(14-5-1)33-25-34(31-15-6-2-7-16-31)27-36(26-33)45(35-17-8-3-9-18-35)42-21-12-20-37-38(42)24-23-32-28-41-39-19-10-11-22-43(39)46-44(41)29-40(32)37/h1-29H. The summed E-state index contributed by atoms with van der Waals surface area (Å²) in [5.41, 5.74) is 9.89. The van der Waals surface area contributed by atoms with E-state index in [1.165, 1.54) is 43.8 Å². The number of fused-ring (bicyclic) bond motifs is 6. The van der Waals surface area contributed by atoms with Crippen molar-refractivity contribution in [1.82, 2.24) is 0 Å². The predicted molar refractivity (Wildman–Crippen MR) is 194 cm³/mol. The van der Waals surface area contributed by atoms with Crippen molar-refractivity contribution in [2.24, 2.45) is 0 Å². The first-order valence-electron chi connectivity index (χ1n) is 15.7. The highest BCUT2D eigenvalue weighted by atomic mass is 16.3. The van der Waals surface area contributed by atoms with Crippen molar-refractivity contribution in [3.05, 3.63) is 176 Å². The van der Waals surface area contributed by atoms with E-state index in [1.54, 1.807) is 0 Å². The third-order valence-electron chi connectivity index (χ3n) is 9.00. The van der Waals surface area contributed by atoms with E-state index >= 15 is 0 Å².